The lowest BCUT2D eigenvalue weighted by Gasteiger charge is -2.20. The first-order chi connectivity index (χ1) is 10.4. The number of nitrogens with zero attached hydrogens (tertiary/aromatic N) is 2. The Morgan fingerprint density at radius 2 is 1.62 bits per heavy atom. The zero-order valence-electron chi connectivity index (χ0n) is 11.7. The summed E-state index contributed by atoms with van der Waals surface area (Å²) < 4.78 is 5.36. The molecule has 0 aliphatic carbocycles. The van der Waals surface area contributed by atoms with Crippen molar-refractivity contribution in [3.05, 3.63) is 53.9 Å². The Morgan fingerprint density at radius 1 is 0.952 bits per heavy atom. The minimum atomic E-state index is 0.569. The summed E-state index contributed by atoms with van der Waals surface area (Å²) in [5, 5.41) is 1.40. The molecule has 2 heterocycles. The van der Waals surface area contributed by atoms with Gasteiger partial charge in [0.15, 0.2) is 5.16 Å². The summed E-state index contributed by atoms with van der Waals surface area (Å²) >= 11 is 1.74. The molecule has 0 N–H and O–H groups in total. The number of ether oxygens (including phenoxy) is 1. The second kappa shape index (κ2) is 7.26. The first-order valence-electron chi connectivity index (χ1n) is 7.04. The molecule has 1 aliphatic rings. The minimum absolute atomic E-state index is 0.569. The number of hydrogen-bond donors (Lipinski definition) is 0. The maximum atomic E-state index is 5.36. The highest BCUT2D eigenvalue weighted by Crippen LogP contribution is 2.26. The van der Waals surface area contributed by atoms with Gasteiger partial charge in [0.1, 0.15) is 0 Å². The van der Waals surface area contributed by atoms with Crippen molar-refractivity contribution in [3.63, 3.8) is 0 Å². The molecule has 3 rings (SSSR count). The standard InChI is InChI=1S/C17H16N2OS/c1-2-4-14(5-3-1)6-7-15-12-18-17(19-13-15)21-16-8-10-20-11-9-16/h1-5,12-13,16H,8-11H2. The number of aromatic nitrogens is 2. The Morgan fingerprint density at radius 3 is 2.33 bits per heavy atom. The minimum Gasteiger partial charge on any atom is -0.381 e. The Bertz CT molecular complexity index is 625. The molecule has 1 saturated heterocycles. The molecule has 0 amide bonds. The summed E-state index contributed by atoms with van der Waals surface area (Å²) in [6.45, 7) is 1.69. The van der Waals surface area contributed by atoms with Crippen LogP contribution in [0.3, 0.4) is 0 Å². The second-order valence-corrected chi connectivity index (χ2v) is 6.07. The van der Waals surface area contributed by atoms with Gasteiger partial charge in [0.2, 0.25) is 0 Å². The monoisotopic (exact) mass is 296 g/mol. The van der Waals surface area contributed by atoms with E-state index in [1.807, 2.05) is 30.3 Å². The van der Waals surface area contributed by atoms with E-state index in [0.717, 1.165) is 42.3 Å². The highest BCUT2D eigenvalue weighted by atomic mass is 32.2. The summed E-state index contributed by atoms with van der Waals surface area (Å²) in [7, 11) is 0. The molecule has 0 bridgehead atoms. The van der Waals surface area contributed by atoms with E-state index in [9.17, 15) is 0 Å². The van der Waals surface area contributed by atoms with Crippen LogP contribution in [0.1, 0.15) is 24.0 Å². The average Bonchev–Trinajstić information content (AvgIpc) is 2.56. The fourth-order valence-electron chi connectivity index (χ4n) is 2.05. The van der Waals surface area contributed by atoms with E-state index in [0.29, 0.717) is 5.25 Å². The number of benzene rings is 1. The zero-order chi connectivity index (χ0) is 14.3. The largest absolute Gasteiger partial charge is 0.381 e. The lowest BCUT2D eigenvalue weighted by atomic mass is 10.2. The fourth-order valence-corrected chi connectivity index (χ4v) is 3.00. The molecule has 1 fully saturated rings. The molecule has 4 heteroatoms. The lowest BCUT2D eigenvalue weighted by molar-refractivity contribution is 0.1000. The van der Waals surface area contributed by atoms with Crippen LogP contribution in [0.25, 0.3) is 0 Å². The van der Waals surface area contributed by atoms with Gasteiger partial charge in [0, 0.05) is 36.4 Å². The van der Waals surface area contributed by atoms with Gasteiger partial charge in [-0.15, -0.1) is 0 Å². The SMILES string of the molecule is C(#Cc1cnc(SC2CCOCC2)nc1)c1ccccc1. The fraction of sp³-hybridized carbons (Fsp3) is 0.294. The van der Waals surface area contributed by atoms with E-state index in [2.05, 4.69) is 21.8 Å². The molecule has 106 valence electrons. The molecule has 0 radical (unpaired) electrons. The summed E-state index contributed by atoms with van der Waals surface area (Å²) in [6.07, 6.45) is 5.74. The van der Waals surface area contributed by atoms with Crippen molar-refractivity contribution in [2.45, 2.75) is 23.2 Å². The van der Waals surface area contributed by atoms with Gasteiger partial charge >= 0.3 is 0 Å². The van der Waals surface area contributed by atoms with Crippen LogP contribution in [0.5, 0.6) is 0 Å². The predicted molar refractivity (Wildman–Crippen MR) is 84.2 cm³/mol. The Kier molecular flexibility index (Phi) is 4.88. The van der Waals surface area contributed by atoms with Gasteiger partial charge in [-0.1, -0.05) is 41.8 Å². The first-order valence-corrected chi connectivity index (χ1v) is 7.91. The molecule has 21 heavy (non-hydrogen) atoms. The quantitative estimate of drug-likeness (QED) is 0.630. The van der Waals surface area contributed by atoms with Crippen LogP contribution in [0.2, 0.25) is 0 Å². The van der Waals surface area contributed by atoms with Gasteiger partial charge in [0.05, 0.1) is 5.56 Å². The third-order valence-corrected chi connectivity index (χ3v) is 4.42. The molecule has 0 atom stereocenters. The second-order valence-electron chi connectivity index (χ2n) is 4.80. The Hall–Kier alpha value is -1.83. The third kappa shape index (κ3) is 4.32. The van der Waals surface area contributed by atoms with E-state index in [4.69, 9.17) is 4.74 Å². The van der Waals surface area contributed by atoms with Gasteiger partial charge in [-0.05, 0) is 25.0 Å². The Labute approximate surface area is 129 Å². The van der Waals surface area contributed by atoms with Crippen LogP contribution in [-0.4, -0.2) is 28.4 Å². The van der Waals surface area contributed by atoms with Crippen molar-refractivity contribution < 1.29 is 4.74 Å². The van der Waals surface area contributed by atoms with Crippen LogP contribution in [0.4, 0.5) is 0 Å². The molecule has 3 nitrogen and oxygen atoms in total. The zero-order valence-corrected chi connectivity index (χ0v) is 12.5. The van der Waals surface area contributed by atoms with Crippen LogP contribution >= 0.6 is 11.8 Å². The summed E-state index contributed by atoms with van der Waals surface area (Å²) in [5.41, 5.74) is 1.84. The summed E-state index contributed by atoms with van der Waals surface area (Å²) in [5.74, 6) is 6.20. The molecule has 0 saturated carbocycles. The van der Waals surface area contributed by atoms with Crippen LogP contribution in [0.15, 0.2) is 47.9 Å². The van der Waals surface area contributed by atoms with E-state index < -0.39 is 0 Å². The molecular weight excluding hydrogens is 280 g/mol. The van der Waals surface area contributed by atoms with E-state index >= 15 is 0 Å². The highest BCUT2D eigenvalue weighted by molar-refractivity contribution is 7.99. The van der Waals surface area contributed by atoms with Crippen molar-refractivity contribution in [1.29, 1.82) is 0 Å². The van der Waals surface area contributed by atoms with E-state index in [1.165, 1.54) is 0 Å². The average molecular weight is 296 g/mol. The predicted octanol–water partition coefficient (Wildman–Crippen LogP) is 3.15. The summed E-state index contributed by atoms with van der Waals surface area (Å²) in [4.78, 5) is 8.79. The Balaban J connectivity index is 1.63. The molecule has 1 aliphatic heterocycles. The van der Waals surface area contributed by atoms with Crippen LogP contribution in [-0.2, 0) is 4.74 Å². The maximum absolute atomic E-state index is 5.36. The molecule has 2 aromatic rings. The molecule has 1 aromatic carbocycles. The topological polar surface area (TPSA) is 35.0 Å². The molecule has 0 spiro atoms. The van der Waals surface area contributed by atoms with Crippen molar-refractivity contribution >= 4 is 11.8 Å². The van der Waals surface area contributed by atoms with Crippen LogP contribution < -0.4 is 0 Å². The van der Waals surface area contributed by atoms with E-state index in [-0.39, 0.29) is 0 Å². The van der Waals surface area contributed by atoms with Crippen molar-refractivity contribution in [3.8, 4) is 11.8 Å². The van der Waals surface area contributed by atoms with Gasteiger partial charge in [-0.25, -0.2) is 9.97 Å². The van der Waals surface area contributed by atoms with Gasteiger partial charge in [-0.2, -0.15) is 0 Å². The molecular formula is C17H16N2OS. The van der Waals surface area contributed by atoms with Crippen LogP contribution in [0, 0.1) is 11.8 Å². The van der Waals surface area contributed by atoms with Gasteiger partial charge < -0.3 is 4.74 Å². The van der Waals surface area contributed by atoms with Gasteiger partial charge in [-0.3, -0.25) is 0 Å². The van der Waals surface area contributed by atoms with Crippen molar-refractivity contribution in [2.75, 3.05) is 13.2 Å². The smallest absolute Gasteiger partial charge is 0.187 e. The molecule has 1 aromatic heterocycles. The van der Waals surface area contributed by atoms with Crippen molar-refractivity contribution in [1.82, 2.24) is 9.97 Å². The van der Waals surface area contributed by atoms with Gasteiger partial charge in [0.25, 0.3) is 0 Å². The van der Waals surface area contributed by atoms with Crippen molar-refractivity contribution in [2.24, 2.45) is 0 Å². The number of thioether (sulfide) groups is 1. The number of rotatable bonds is 2. The third-order valence-electron chi connectivity index (χ3n) is 3.19. The summed E-state index contributed by atoms with van der Waals surface area (Å²) in [6, 6.07) is 9.92. The molecule has 0 unspecified atom stereocenters. The maximum Gasteiger partial charge on any atom is 0.187 e. The number of hydrogen-bond acceptors (Lipinski definition) is 4. The first kappa shape index (κ1) is 14.1. The normalized spacial score (nSPS) is 15.2. The highest BCUT2D eigenvalue weighted by Gasteiger charge is 2.16. The lowest BCUT2D eigenvalue weighted by Crippen LogP contribution is -2.17. The van der Waals surface area contributed by atoms with E-state index in [1.54, 1.807) is 24.2 Å².